The summed E-state index contributed by atoms with van der Waals surface area (Å²) in [7, 11) is 0. The predicted molar refractivity (Wildman–Crippen MR) is 72.1 cm³/mol. The number of nitrogens with zero attached hydrogens (tertiary/aromatic N) is 3. The van der Waals surface area contributed by atoms with E-state index in [1.807, 2.05) is 6.07 Å². The number of rotatable bonds is 5. The van der Waals surface area contributed by atoms with Crippen LogP contribution in [0.4, 0.5) is 5.69 Å². The fourth-order valence-electron chi connectivity index (χ4n) is 2.21. The average molecular weight is 273 g/mol. The number of hydrogen-bond donors (Lipinski definition) is 0. The summed E-state index contributed by atoms with van der Waals surface area (Å²) in [5.74, 6) is -0.219. The van der Waals surface area contributed by atoms with Crippen LogP contribution in [-0.4, -0.2) is 28.3 Å². The van der Waals surface area contributed by atoms with Crippen LogP contribution in [0.1, 0.15) is 35.2 Å². The molecule has 2 rings (SSSR count). The van der Waals surface area contributed by atoms with Gasteiger partial charge in [-0.2, -0.15) is 5.26 Å². The van der Waals surface area contributed by atoms with Crippen molar-refractivity contribution in [2.75, 3.05) is 6.54 Å². The molecule has 0 saturated heterocycles. The van der Waals surface area contributed by atoms with Gasteiger partial charge in [0.25, 0.3) is 11.6 Å². The van der Waals surface area contributed by atoms with Gasteiger partial charge in [-0.25, -0.2) is 0 Å². The second kappa shape index (κ2) is 5.70. The Morgan fingerprint density at radius 2 is 2.25 bits per heavy atom. The van der Waals surface area contributed by atoms with Gasteiger partial charge in [0.2, 0.25) is 0 Å². The molecular weight excluding hydrogens is 258 g/mol. The van der Waals surface area contributed by atoms with Crippen molar-refractivity contribution < 1.29 is 9.72 Å². The largest absolute Gasteiger partial charge is 0.335 e. The van der Waals surface area contributed by atoms with Crippen molar-refractivity contribution in [1.29, 1.82) is 5.26 Å². The number of carbonyl (C=O) groups is 1. The first-order valence-corrected chi connectivity index (χ1v) is 6.48. The Bertz CT molecular complexity index is 588. The Kier molecular flexibility index (Phi) is 3.99. The number of benzene rings is 1. The third-order valence-corrected chi connectivity index (χ3v) is 3.45. The number of nitro groups is 1. The van der Waals surface area contributed by atoms with Gasteiger partial charge in [0.05, 0.1) is 17.4 Å². The van der Waals surface area contributed by atoms with Crippen molar-refractivity contribution in [3.63, 3.8) is 0 Å². The highest BCUT2D eigenvalue weighted by molar-refractivity contribution is 5.97. The van der Waals surface area contributed by atoms with Crippen molar-refractivity contribution in [1.82, 2.24) is 4.90 Å². The Morgan fingerprint density at radius 3 is 2.80 bits per heavy atom. The lowest BCUT2D eigenvalue weighted by atomic mass is 10.1. The fourth-order valence-corrected chi connectivity index (χ4v) is 2.21. The Hall–Kier alpha value is -2.42. The van der Waals surface area contributed by atoms with Crippen LogP contribution >= 0.6 is 0 Å². The van der Waals surface area contributed by atoms with Crippen molar-refractivity contribution in [2.24, 2.45) is 0 Å². The lowest BCUT2D eigenvalue weighted by molar-refractivity contribution is -0.385. The molecule has 1 aliphatic carbocycles. The number of hydrogen-bond acceptors (Lipinski definition) is 4. The van der Waals surface area contributed by atoms with Gasteiger partial charge in [-0.3, -0.25) is 14.9 Å². The lowest BCUT2D eigenvalue weighted by Gasteiger charge is -2.22. The zero-order chi connectivity index (χ0) is 14.7. The monoisotopic (exact) mass is 273 g/mol. The van der Waals surface area contributed by atoms with Gasteiger partial charge in [-0.15, -0.1) is 0 Å². The summed E-state index contributed by atoms with van der Waals surface area (Å²) in [6.45, 7) is 1.96. The van der Waals surface area contributed by atoms with Gasteiger partial charge in [0, 0.05) is 29.8 Å². The molecule has 0 aromatic heterocycles. The summed E-state index contributed by atoms with van der Waals surface area (Å²) >= 11 is 0. The molecule has 1 aliphatic rings. The SMILES string of the molecule is Cc1c(C(=O)N(CCC#N)C2CC2)cccc1[N+](=O)[O-]. The van der Waals surface area contributed by atoms with Crippen LogP contribution in [0.2, 0.25) is 0 Å². The van der Waals surface area contributed by atoms with Crippen LogP contribution < -0.4 is 0 Å². The smallest absolute Gasteiger partial charge is 0.273 e. The molecule has 0 unspecified atom stereocenters. The number of nitriles is 1. The zero-order valence-electron chi connectivity index (χ0n) is 11.2. The van der Waals surface area contributed by atoms with E-state index in [1.54, 1.807) is 17.9 Å². The van der Waals surface area contributed by atoms with Gasteiger partial charge in [-0.1, -0.05) is 6.07 Å². The number of amides is 1. The van der Waals surface area contributed by atoms with E-state index in [0.717, 1.165) is 12.8 Å². The molecule has 1 amide bonds. The van der Waals surface area contributed by atoms with E-state index >= 15 is 0 Å². The van der Waals surface area contributed by atoms with Crippen LogP contribution in [0, 0.1) is 28.4 Å². The minimum atomic E-state index is -0.483. The van der Waals surface area contributed by atoms with Crippen molar-refractivity contribution >= 4 is 11.6 Å². The predicted octanol–water partition coefficient (Wildman–Crippen LogP) is 2.42. The second-order valence-corrected chi connectivity index (χ2v) is 4.84. The topological polar surface area (TPSA) is 87.2 Å². The summed E-state index contributed by atoms with van der Waals surface area (Å²) in [4.78, 5) is 24.6. The third-order valence-electron chi connectivity index (χ3n) is 3.45. The van der Waals surface area contributed by atoms with E-state index in [9.17, 15) is 14.9 Å². The van der Waals surface area contributed by atoms with Crippen molar-refractivity contribution in [3.8, 4) is 6.07 Å². The Balaban J connectivity index is 2.30. The third kappa shape index (κ3) is 2.77. The molecule has 0 N–H and O–H groups in total. The maximum Gasteiger partial charge on any atom is 0.273 e. The van der Waals surface area contributed by atoms with E-state index in [1.165, 1.54) is 12.1 Å². The van der Waals surface area contributed by atoms with E-state index in [-0.39, 0.29) is 24.1 Å². The Labute approximate surface area is 116 Å². The second-order valence-electron chi connectivity index (χ2n) is 4.84. The molecular formula is C14H15N3O3. The lowest BCUT2D eigenvalue weighted by Crippen LogP contribution is -2.34. The molecule has 0 radical (unpaired) electrons. The van der Waals surface area contributed by atoms with Crippen LogP contribution in [-0.2, 0) is 0 Å². The minimum Gasteiger partial charge on any atom is -0.335 e. The maximum absolute atomic E-state index is 12.5. The van der Waals surface area contributed by atoms with Gasteiger partial charge >= 0.3 is 0 Å². The molecule has 6 heteroatoms. The molecule has 6 nitrogen and oxygen atoms in total. The average Bonchev–Trinajstić information content (AvgIpc) is 3.23. The molecule has 104 valence electrons. The number of carbonyl (C=O) groups excluding carboxylic acids is 1. The first-order chi connectivity index (χ1) is 9.56. The van der Waals surface area contributed by atoms with Gasteiger partial charge in [0.1, 0.15) is 0 Å². The van der Waals surface area contributed by atoms with E-state index in [4.69, 9.17) is 5.26 Å². The molecule has 0 atom stereocenters. The van der Waals surface area contributed by atoms with Crippen LogP contribution in [0.3, 0.4) is 0 Å². The Morgan fingerprint density at radius 1 is 1.55 bits per heavy atom. The number of nitro benzene ring substituents is 1. The van der Waals surface area contributed by atoms with E-state index in [2.05, 4.69) is 0 Å². The highest BCUT2D eigenvalue weighted by atomic mass is 16.6. The van der Waals surface area contributed by atoms with Crippen LogP contribution in [0.5, 0.6) is 0 Å². The first-order valence-electron chi connectivity index (χ1n) is 6.48. The maximum atomic E-state index is 12.5. The summed E-state index contributed by atoms with van der Waals surface area (Å²) in [5, 5.41) is 19.6. The van der Waals surface area contributed by atoms with Gasteiger partial charge < -0.3 is 4.90 Å². The summed E-state index contributed by atoms with van der Waals surface area (Å²) in [5.41, 5.74) is 0.682. The molecule has 1 aromatic carbocycles. The van der Waals surface area contributed by atoms with Crippen LogP contribution in [0.25, 0.3) is 0 Å². The molecule has 1 saturated carbocycles. The highest BCUT2D eigenvalue weighted by Crippen LogP contribution is 2.30. The quantitative estimate of drug-likeness (QED) is 0.608. The van der Waals surface area contributed by atoms with Crippen molar-refractivity contribution in [3.05, 3.63) is 39.4 Å². The normalized spacial score (nSPS) is 13.6. The zero-order valence-corrected chi connectivity index (χ0v) is 11.2. The fraction of sp³-hybridized carbons (Fsp3) is 0.429. The van der Waals surface area contributed by atoms with Crippen molar-refractivity contribution in [2.45, 2.75) is 32.2 Å². The van der Waals surface area contributed by atoms with Gasteiger partial charge in [0.15, 0.2) is 0 Å². The summed E-state index contributed by atoms with van der Waals surface area (Å²) in [6, 6.07) is 6.72. The van der Waals surface area contributed by atoms with E-state index < -0.39 is 4.92 Å². The molecule has 0 bridgehead atoms. The first kappa shape index (κ1) is 14.0. The molecule has 1 fully saturated rings. The molecule has 20 heavy (non-hydrogen) atoms. The standard InChI is InChI=1S/C14H15N3O3/c1-10-12(4-2-5-13(10)17(19)20)14(18)16(9-3-8-15)11-6-7-11/h2,4-5,11H,3,6-7,9H2,1H3. The molecule has 1 aromatic rings. The summed E-state index contributed by atoms with van der Waals surface area (Å²) < 4.78 is 0. The van der Waals surface area contributed by atoms with Gasteiger partial charge in [-0.05, 0) is 25.8 Å². The van der Waals surface area contributed by atoms with Crippen LogP contribution in [0.15, 0.2) is 18.2 Å². The molecule has 0 heterocycles. The summed E-state index contributed by atoms with van der Waals surface area (Å²) in [6.07, 6.45) is 2.15. The molecule has 0 aliphatic heterocycles. The van der Waals surface area contributed by atoms with E-state index in [0.29, 0.717) is 17.7 Å². The molecule has 0 spiro atoms. The highest BCUT2D eigenvalue weighted by Gasteiger charge is 2.33. The minimum absolute atomic E-state index is 0.0492.